The van der Waals surface area contributed by atoms with Crippen LogP contribution in [0.2, 0.25) is 0 Å². The van der Waals surface area contributed by atoms with Gasteiger partial charge in [0.25, 0.3) is 0 Å². The molecule has 0 aromatic carbocycles. The zero-order chi connectivity index (χ0) is 13.5. The quantitative estimate of drug-likeness (QED) is 0.658. The maximum atomic E-state index is 4.38. The van der Waals surface area contributed by atoms with E-state index >= 15 is 0 Å². The van der Waals surface area contributed by atoms with E-state index in [1.807, 2.05) is 6.20 Å². The molecule has 0 fully saturated rings. The highest BCUT2D eigenvalue weighted by Gasteiger charge is 2.03. The molecule has 2 heterocycles. The Labute approximate surface area is 121 Å². The maximum Gasteiger partial charge on any atom is 0.191 e. The van der Waals surface area contributed by atoms with Gasteiger partial charge in [-0.15, -0.1) is 22.7 Å². The lowest BCUT2D eigenvalue weighted by Crippen LogP contribution is -2.36. The summed E-state index contributed by atoms with van der Waals surface area (Å²) < 4.78 is 0. The van der Waals surface area contributed by atoms with Gasteiger partial charge < -0.3 is 10.6 Å². The minimum Gasteiger partial charge on any atom is -0.352 e. The number of thiazole rings is 1. The molecule has 2 aromatic rings. The number of nitrogens with one attached hydrogen (secondary N) is 2. The molecule has 0 radical (unpaired) electrons. The molecule has 19 heavy (non-hydrogen) atoms. The molecule has 2 N–H and O–H groups in total. The summed E-state index contributed by atoms with van der Waals surface area (Å²) in [6.45, 7) is 3.66. The number of aliphatic imine (C=N–C) groups is 1. The summed E-state index contributed by atoms with van der Waals surface area (Å²) in [5, 5.41) is 9.74. The predicted octanol–water partition coefficient (Wildman–Crippen LogP) is 2.63. The van der Waals surface area contributed by atoms with Gasteiger partial charge in [-0.2, -0.15) is 0 Å². The van der Waals surface area contributed by atoms with Gasteiger partial charge in [-0.05, 0) is 17.9 Å². The number of aromatic nitrogens is 1. The Hall–Kier alpha value is -1.40. The van der Waals surface area contributed by atoms with Crippen molar-refractivity contribution in [3.8, 4) is 0 Å². The van der Waals surface area contributed by atoms with Crippen molar-refractivity contribution in [2.24, 2.45) is 4.99 Å². The number of hydrogen-bond donors (Lipinski definition) is 2. The molecule has 0 amide bonds. The minimum atomic E-state index is 0.717. The molecule has 0 bridgehead atoms. The Balaban J connectivity index is 1.79. The van der Waals surface area contributed by atoms with Crippen LogP contribution < -0.4 is 10.6 Å². The first-order valence-electron chi connectivity index (χ1n) is 6.22. The Morgan fingerprint density at radius 1 is 1.32 bits per heavy atom. The van der Waals surface area contributed by atoms with E-state index in [0.717, 1.165) is 30.5 Å². The fourth-order valence-electron chi connectivity index (χ4n) is 1.56. The number of rotatable bonds is 5. The van der Waals surface area contributed by atoms with Crippen LogP contribution in [0.15, 0.2) is 28.7 Å². The fourth-order valence-corrected chi connectivity index (χ4v) is 3.00. The summed E-state index contributed by atoms with van der Waals surface area (Å²) in [5.41, 5.74) is 0. The molecule has 102 valence electrons. The van der Waals surface area contributed by atoms with Crippen LogP contribution in [-0.2, 0) is 19.5 Å². The summed E-state index contributed by atoms with van der Waals surface area (Å²) in [7, 11) is 1.78. The van der Waals surface area contributed by atoms with E-state index in [2.05, 4.69) is 45.0 Å². The fraction of sp³-hybridized carbons (Fsp3) is 0.385. The second-order valence-electron chi connectivity index (χ2n) is 3.93. The number of nitrogens with zero attached hydrogens (tertiary/aromatic N) is 2. The first kappa shape index (κ1) is 14.0. The molecule has 0 saturated heterocycles. The van der Waals surface area contributed by atoms with E-state index in [1.54, 1.807) is 29.7 Å². The maximum absolute atomic E-state index is 4.38. The van der Waals surface area contributed by atoms with Crippen LogP contribution in [0.4, 0.5) is 0 Å². The van der Waals surface area contributed by atoms with E-state index in [9.17, 15) is 0 Å². The molecule has 0 saturated carbocycles. The highest BCUT2D eigenvalue weighted by molar-refractivity contribution is 7.11. The van der Waals surface area contributed by atoms with Crippen LogP contribution in [0.5, 0.6) is 0 Å². The van der Waals surface area contributed by atoms with Crippen molar-refractivity contribution >= 4 is 28.6 Å². The zero-order valence-electron chi connectivity index (χ0n) is 11.1. The standard InChI is InChI=1S/C13H18N4S2/c1-3-10-7-15-12(19-10)9-17-13(14-2)16-8-11-5-4-6-18-11/h4-7H,3,8-9H2,1-2H3,(H2,14,16,17). The molecule has 0 atom stereocenters. The smallest absolute Gasteiger partial charge is 0.191 e. The Bertz CT molecular complexity index is 516. The van der Waals surface area contributed by atoms with Gasteiger partial charge in [-0.3, -0.25) is 4.99 Å². The summed E-state index contributed by atoms with van der Waals surface area (Å²) in [6, 6.07) is 4.17. The van der Waals surface area contributed by atoms with Crippen LogP contribution in [0, 0.1) is 0 Å². The van der Waals surface area contributed by atoms with Crippen molar-refractivity contribution in [2.75, 3.05) is 7.05 Å². The summed E-state index contributed by atoms with van der Waals surface area (Å²) in [4.78, 5) is 11.2. The van der Waals surface area contributed by atoms with Gasteiger partial charge in [-0.25, -0.2) is 4.98 Å². The van der Waals surface area contributed by atoms with E-state index in [-0.39, 0.29) is 0 Å². The van der Waals surface area contributed by atoms with Gasteiger partial charge in [0.15, 0.2) is 5.96 Å². The largest absolute Gasteiger partial charge is 0.352 e. The third-order valence-electron chi connectivity index (χ3n) is 2.59. The number of thiophene rings is 1. The Morgan fingerprint density at radius 2 is 2.16 bits per heavy atom. The summed E-state index contributed by atoms with van der Waals surface area (Å²) in [6.07, 6.45) is 2.99. The Kier molecular flexibility index (Phi) is 5.35. The molecule has 2 aromatic heterocycles. The van der Waals surface area contributed by atoms with Crippen LogP contribution in [0.25, 0.3) is 0 Å². The van der Waals surface area contributed by atoms with Crippen molar-refractivity contribution in [1.29, 1.82) is 0 Å². The van der Waals surface area contributed by atoms with Gasteiger partial charge in [-0.1, -0.05) is 13.0 Å². The molecule has 0 unspecified atom stereocenters. The monoisotopic (exact) mass is 294 g/mol. The Morgan fingerprint density at radius 3 is 2.79 bits per heavy atom. The van der Waals surface area contributed by atoms with E-state index in [4.69, 9.17) is 0 Å². The number of aryl methyl sites for hydroxylation is 1. The van der Waals surface area contributed by atoms with E-state index in [1.165, 1.54) is 9.75 Å². The van der Waals surface area contributed by atoms with Crippen LogP contribution in [0.1, 0.15) is 21.7 Å². The third kappa shape index (κ3) is 4.33. The van der Waals surface area contributed by atoms with Gasteiger partial charge in [0.2, 0.25) is 0 Å². The number of guanidine groups is 1. The van der Waals surface area contributed by atoms with Gasteiger partial charge >= 0.3 is 0 Å². The molecule has 0 spiro atoms. The predicted molar refractivity (Wildman–Crippen MR) is 82.8 cm³/mol. The minimum absolute atomic E-state index is 0.717. The molecule has 0 aliphatic rings. The van der Waals surface area contributed by atoms with Crippen LogP contribution >= 0.6 is 22.7 Å². The lowest BCUT2D eigenvalue weighted by molar-refractivity contribution is 0.811. The third-order valence-corrected chi connectivity index (χ3v) is 4.61. The lowest BCUT2D eigenvalue weighted by Gasteiger charge is -2.09. The highest BCUT2D eigenvalue weighted by Crippen LogP contribution is 2.12. The van der Waals surface area contributed by atoms with Crippen molar-refractivity contribution < 1.29 is 0 Å². The van der Waals surface area contributed by atoms with Crippen LogP contribution in [-0.4, -0.2) is 18.0 Å². The second-order valence-corrected chi connectivity index (χ2v) is 6.16. The average molecular weight is 294 g/mol. The summed E-state index contributed by atoms with van der Waals surface area (Å²) >= 11 is 3.49. The average Bonchev–Trinajstić information content (AvgIpc) is 3.10. The van der Waals surface area contributed by atoms with Crippen molar-refractivity contribution in [2.45, 2.75) is 26.4 Å². The van der Waals surface area contributed by atoms with Crippen molar-refractivity contribution in [3.63, 3.8) is 0 Å². The molecule has 4 nitrogen and oxygen atoms in total. The lowest BCUT2D eigenvalue weighted by atomic mass is 10.4. The molecular formula is C13H18N4S2. The SMILES string of the molecule is CCc1cnc(CNC(=NC)NCc2cccs2)s1. The molecule has 0 aliphatic carbocycles. The molecular weight excluding hydrogens is 276 g/mol. The molecule has 6 heteroatoms. The normalized spacial score (nSPS) is 11.6. The van der Waals surface area contributed by atoms with Crippen molar-refractivity contribution in [3.05, 3.63) is 38.5 Å². The first-order chi connectivity index (χ1) is 9.31. The highest BCUT2D eigenvalue weighted by atomic mass is 32.1. The molecule has 2 rings (SSSR count). The second kappa shape index (κ2) is 7.25. The van der Waals surface area contributed by atoms with Gasteiger partial charge in [0.05, 0.1) is 13.1 Å². The van der Waals surface area contributed by atoms with Crippen molar-refractivity contribution in [1.82, 2.24) is 15.6 Å². The number of hydrogen-bond acceptors (Lipinski definition) is 4. The van der Waals surface area contributed by atoms with E-state index in [0.29, 0.717) is 0 Å². The van der Waals surface area contributed by atoms with E-state index < -0.39 is 0 Å². The zero-order valence-corrected chi connectivity index (χ0v) is 12.8. The van der Waals surface area contributed by atoms with Crippen LogP contribution in [0.3, 0.4) is 0 Å². The first-order valence-corrected chi connectivity index (χ1v) is 7.92. The summed E-state index contributed by atoms with van der Waals surface area (Å²) in [5.74, 6) is 0.807. The topological polar surface area (TPSA) is 49.3 Å². The molecule has 0 aliphatic heterocycles. The van der Waals surface area contributed by atoms with Gasteiger partial charge in [0, 0.05) is 23.0 Å². The van der Waals surface area contributed by atoms with Gasteiger partial charge in [0.1, 0.15) is 5.01 Å².